The van der Waals surface area contributed by atoms with Gasteiger partial charge in [-0.25, -0.2) is 0 Å². The van der Waals surface area contributed by atoms with Crippen LogP contribution in [0.15, 0.2) is 11.1 Å². The Bertz CT molecular complexity index is 811. The lowest BCUT2D eigenvalue weighted by Gasteiger charge is -2.66. The van der Waals surface area contributed by atoms with Crippen LogP contribution in [0, 0.1) is 40.4 Å². The molecule has 3 rings (SSSR count). The zero-order valence-electron chi connectivity index (χ0n) is 25.6. The van der Waals surface area contributed by atoms with E-state index < -0.39 is 30.9 Å². The highest BCUT2D eigenvalue weighted by molar-refractivity contribution is 6.73. The first-order chi connectivity index (χ1) is 16.6. The number of ether oxygens (including phenoxy) is 1. The van der Waals surface area contributed by atoms with Gasteiger partial charge in [0.25, 0.3) is 0 Å². The second-order valence-corrected chi connectivity index (χ2v) is 18.3. The molecule has 0 heterocycles. The fourth-order valence-corrected chi connectivity index (χ4v) is 12.5. The van der Waals surface area contributed by atoms with Gasteiger partial charge in [-0.2, -0.15) is 0 Å². The lowest BCUT2D eigenvalue weighted by Crippen LogP contribution is -2.70. The third kappa shape index (κ3) is 4.22. The molecule has 2 N–H and O–H groups in total. The highest BCUT2D eigenvalue weighted by Crippen LogP contribution is 2.65. The predicted octanol–water partition coefficient (Wildman–Crippen LogP) is 7.20. The van der Waals surface area contributed by atoms with Crippen molar-refractivity contribution in [3.63, 3.8) is 0 Å². The first-order valence-corrected chi connectivity index (χ1v) is 17.6. The molecule has 0 amide bonds. The van der Waals surface area contributed by atoms with E-state index in [1.165, 1.54) is 11.1 Å². The minimum atomic E-state index is -1.95. The Morgan fingerprint density at radius 1 is 0.972 bits per heavy atom. The van der Waals surface area contributed by atoms with E-state index in [-0.39, 0.29) is 35.9 Å². The molecule has 2 saturated carbocycles. The van der Waals surface area contributed by atoms with Crippen LogP contribution in [0.25, 0.3) is 0 Å². The maximum absolute atomic E-state index is 12.8. The van der Waals surface area contributed by atoms with E-state index in [1.54, 1.807) is 0 Å². The van der Waals surface area contributed by atoms with Crippen molar-refractivity contribution >= 4 is 8.32 Å². The molecule has 0 saturated heterocycles. The molecule has 1 unspecified atom stereocenters. The van der Waals surface area contributed by atoms with E-state index in [2.05, 4.69) is 83.1 Å². The van der Waals surface area contributed by atoms with Gasteiger partial charge in [0, 0.05) is 23.4 Å². The molecule has 5 heteroatoms. The van der Waals surface area contributed by atoms with Crippen molar-refractivity contribution in [2.75, 3.05) is 6.61 Å². The Kier molecular flexibility index (Phi) is 8.77. The van der Waals surface area contributed by atoms with Gasteiger partial charge >= 0.3 is 0 Å². The topological polar surface area (TPSA) is 58.9 Å². The third-order valence-corrected chi connectivity index (χ3v) is 16.8. The van der Waals surface area contributed by atoms with Crippen LogP contribution in [-0.4, -0.2) is 49.1 Å². The molecular formula is C31H58O4Si. The fourth-order valence-electron chi connectivity index (χ4n) is 9.53. The SMILES string of the molecule is CCO[C@@H]1CC(O[Si](CC)(CC)CC)[C@]2(C)[C@@H]([C@H]1C)[C@H](C)[C@]1(O)C[C@H](C)C(C)=C([C@H](C)[C@@H]2O)C1(C)C. The Morgan fingerprint density at radius 3 is 2.03 bits per heavy atom. The molecular weight excluding hydrogens is 464 g/mol. The number of aliphatic hydroxyl groups is 2. The maximum Gasteiger partial charge on any atom is 0.192 e. The normalized spacial score (nSPS) is 45.2. The summed E-state index contributed by atoms with van der Waals surface area (Å²) >= 11 is 0. The van der Waals surface area contributed by atoms with Crippen molar-refractivity contribution in [1.29, 1.82) is 0 Å². The summed E-state index contributed by atoms with van der Waals surface area (Å²) in [5.74, 6) is 0.552. The molecule has 0 aliphatic heterocycles. The molecule has 210 valence electrons. The summed E-state index contributed by atoms with van der Waals surface area (Å²) in [7, 11) is -1.95. The summed E-state index contributed by atoms with van der Waals surface area (Å²) in [6.07, 6.45) is 1.04. The minimum absolute atomic E-state index is 0.00416. The van der Waals surface area contributed by atoms with Gasteiger partial charge in [0.15, 0.2) is 8.32 Å². The molecule has 4 nitrogen and oxygen atoms in total. The van der Waals surface area contributed by atoms with Gasteiger partial charge in [-0.05, 0) is 68.5 Å². The van der Waals surface area contributed by atoms with E-state index in [9.17, 15) is 10.2 Å². The standard InChI is InChI=1S/C31H58O4Si/c1-13-34-24-17-25(35-36(14-2,15-3)16-4)30(12)27(21(24)7)23(9)31(33)18-19(5)20(6)26(29(31,10)11)22(8)28(30)32/h19,21-25,27-28,32-33H,13-18H2,1-12H3/t19-,21-,22-,23-,24+,25?,27-,28-,30+,31+/m0/s1. The first-order valence-electron chi connectivity index (χ1n) is 15.0. The van der Waals surface area contributed by atoms with E-state index >= 15 is 0 Å². The highest BCUT2D eigenvalue weighted by atomic mass is 28.4. The van der Waals surface area contributed by atoms with Crippen molar-refractivity contribution < 1.29 is 19.4 Å². The zero-order valence-corrected chi connectivity index (χ0v) is 26.6. The summed E-state index contributed by atoms with van der Waals surface area (Å²) in [4.78, 5) is 0. The van der Waals surface area contributed by atoms with Crippen molar-refractivity contribution in [3.8, 4) is 0 Å². The molecule has 0 aromatic heterocycles. The molecule has 3 aliphatic rings. The summed E-state index contributed by atoms with van der Waals surface area (Å²) in [5.41, 5.74) is 0.891. The molecule has 0 aromatic carbocycles. The molecule has 2 fully saturated rings. The van der Waals surface area contributed by atoms with Crippen molar-refractivity contribution in [3.05, 3.63) is 11.1 Å². The monoisotopic (exact) mass is 522 g/mol. The first kappa shape index (κ1) is 30.3. The van der Waals surface area contributed by atoms with E-state index in [0.29, 0.717) is 12.5 Å². The number of hydrogen-bond donors (Lipinski definition) is 2. The Hall–Kier alpha value is -0.203. The third-order valence-electron chi connectivity index (χ3n) is 12.1. The quantitative estimate of drug-likeness (QED) is 0.274. The van der Waals surface area contributed by atoms with Crippen molar-refractivity contribution in [2.45, 2.75) is 138 Å². The van der Waals surface area contributed by atoms with E-state index in [1.807, 2.05) is 0 Å². The number of hydrogen-bond acceptors (Lipinski definition) is 4. The molecule has 2 bridgehead atoms. The smallest absolute Gasteiger partial charge is 0.192 e. The van der Waals surface area contributed by atoms with Crippen LogP contribution >= 0.6 is 0 Å². The number of rotatable bonds is 7. The van der Waals surface area contributed by atoms with Crippen LogP contribution in [-0.2, 0) is 9.16 Å². The summed E-state index contributed by atoms with van der Waals surface area (Å²) < 4.78 is 13.8. The molecule has 0 spiro atoms. The molecule has 0 radical (unpaired) electrons. The van der Waals surface area contributed by atoms with Crippen LogP contribution in [0.5, 0.6) is 0 Å². The fraction of sp³-hybridized carbons (Fsp3) is 0.935. The van der Waals surface area contributed by atoms with Crippen LogP contribution in [0.2, 0.25) is 18.1 Å². The van der Waals surface area contributed by atoms with E-state index in [0.717, 1.165) is 31.0 Å². The Morgan fingerprint density at radius 2 is 1.53 bits per heavy atom. The van der Waals surface area contributed by atoms with Gasteiger partial charge in [-0.3, -0.25) is 0 Å². The number of allylic oxidation sites excluding steroid dienone is 1. The zero-order chi connectivity index (χ0) is 27.4. The van der Waals surface area contributed by atoms with Gasteiger partial charge in [-0.1, -0.05) is 80.4 Å². The minimum Gasteiger partial charge on any atom is -0.413 e. The summed E-state index contributed by atoms with van der Waals surface area (Å²) in [5, 5.41) is 25.2. The lowest BCUT2D eigenvalue weighted by molar-refractivity contribution is -0.240. The van der Waals surface area contributed by atoms with Crippen LogP contribution in [0.4, 0.5) is 0 Å². The van der Waals surface area contributed by atoms with E-state index in [4.69, 9.17) is 9.16 Å². The Labute approximate surface area is 223 Å². The molecule has 0 aromatic rings. The second kappa shape index (κ2) is 10.4. The second-order valence-electron chi connectivity index (χ2n) is 13.6. The maximum atomic E-state index is 12.8. The molecule has 36 heavy (non-hydrogen) atoms. The van der Waals surface area contributed by atoms with Gasteiger partial charge in [0.05, 0.1) is 23.9 Å². The summed E-state index contributed by atoms with van der Waals surface area (Å²) in [6.45, 7) is 27.7. The summed E-state index contributed by atoms with van der Waals surface area (Å²) in [6, 6.07) is 3.27. The van der Waals surface area contributed by atoms with Gasteiger partial charge in [0.2, 0.25) is 0 Å². The van der Waals surface area contributed by atoms with Gasteiger partial charge in [-0.15, -0.1) is 0 Å². The predicted molar refractivity (Wildman–Crippen MR) is 152 cm³/mol. The van der Waals surface area contributed by atoms with Gasteiger partial charge in [0.1, 0.15) is 0 Å². The number of fused-ring (bicyclic) bond motifs is 3. The largest absolute Gasteiger partial charge is 0.413 e. The van der Waals surface area contributed by atoms with Crippen LogP contribution in [0.3, 0.4) is 0 Å². The average Bonchev–Trinajstić information content (AvgIpc) is 2.83. The van der Waals surface area contributed by atoms with Crippen molar-refractivity contribution in [1.82, 2.24) is 0 Å². The lowest BCUT2D eigenvalue weighted by atomic mass is 9.42. The highest BCUT2D eigenvalue weighted by Gasteiger charge is 2.67. The Balaban J connectivity index is 2.29. The molecule has 3 aliphatic carbocycles. The van der Waals surface area contributed by atoms with Crippen molar-refractivity contribution in [2.24, 2.45) is 40.4 Å². The van der Waals surface area contributed by atoms with Crippen LogP contribution < -0.4 is 0 Å². The van der Waals surface area contributed by atoms with Gasteiger partial charge < -0.3 is 19.4 Å². The average molecular weight is 523 g/mol. The molecule has 10 atom stereocenters. The van der Waals surface area contributed by atoms with Crippen LogP contribution in [0.1, 0.15) is 95.9 Å². The number of aliphatic hydroxyl groups excluding tert-OH is 1.